The van der Waals surface area contributed by atoms with Gasteiger partial charge in [0.1, 0.15) is 0 Å². The summed E-state index contributed by atoms with van der Waals surface area (Å²) in [5.74, 6) is -0.297. The van der Waals surface area contributed by atoms with E-state index in [4.69, 9.17) is 4.42 Å². The smallest absolute Gasteiger partial charge is 0.408 e. The number of benzene rings is 1. The highest BCUT2D eigenvalue weighted by atomic mass is 35.5. The van der Waals surface area contributed by atoms with E-state index in [1.165, 1.54) is 28.5 Å². The lowest BCUT2D eigenvalue weighted by Gasteiger charge is -2.12. The molecule has 3 rings (SSSR count). The van der Waals surface area contributed by atoms with E-state index in [2.05, 4.69) is 12.1 Å². The van der Waals surface area contributed by atoms with Gasteiger partial charge in [0, 0.05) is 7.05 Å². The predicted octanol–water partition coefficient (Wildman–Crippen LogP) is 3.51. The van der Waals surface area contributed by atoms with Crippen LogP contribution < -0.4 is 5.76 Å². The Morgan fingerprint density at radius 2 is 2.11 bits per heavy atom. The van der Waals surface area contributed by atoms with Gasteiger partial charge in [0.05, 0.1) is 5.52 Å². The van der Waals surface area contributed by atoms with E-state index in [0.29, 0.717) is 5.58 Å². The summed E-state index contributed by atoms with van der Waals surface area (Å²) in [6.45, 7) is 0. The van der Waals surface area contributed by atoms with Crippen LogP contribution >= 0.6 is 12.4 Å². The van der Waals surface area contributed by atoms with Crippen LogP contribution in [-0.2, 0) is 7.05 Å². The number of hydrogen-bond donors (Lipinski definition) is 0. The summed E-state index contributed by atoms with van der Waals surface area (Å²) in [5.41, 5.74) is 4.10. The summed E-state index contributed by atoms with van der Waals surface area (Å²) >= 11 is 0. The van der Waals surface area contributed by atoms with E-state index >= 15 is 0 Å². The molecule has 0 spiro atoms. The second-order valence-corrected chi connectivity index (χ2v) is 4.58. The van der Waals surface area contributed by atoms with Gasteiger partial charge in [-0.25, -0.2) is 4.79 Å². The van der Waals surface area contributed by atoms with Gasteiger partial charge in [-0.05, 0) is 49.0 Å². The normalized spacial score (nSPS) is 15.3. The van der Waals surface area contributed by atoms with Crippen molar-refractivity contribution >= 4 is 29.1 Å². The van der Waals surface area contributed by atoms with Crippen molar-refractivity contribution in [3.05, 3.63) is 40.4 Å². The molecule has 0 unspecified atom stereocenters. The maximum Gasteiger partial charge on any atom is 0.419 e. The Kier molecular flexibility index (Phi) is 3.62. The molecule has 1 heterocycles. The number of oxazole rings is 1. The summed E-state index contributed by atoms with van der Waals surface area (Å²) in [4.78, 5) is 11.4. The van der Waals surface area contributed by atoms with Crippen LogP contribution in [0.2, 0.25) is 0 Å². The minimum Gasteiger partial charge on any atom is -0.408 e. The van der Waals surface area contributed by atoms with Crippen LogP contribution in [0.25, 0.3) is 16.7 Å². The van der Waals surface area contributed by atoms with Gasteiger partial charge < -0.3 is 4.42 Å². The second-order valence-electron chi connectivity index (χ2n) is 4.58. The fourth-order valence-corrected chi connectivity index (χ4v) is 2.43. The van der Waals surface area contributed by atoms with Crippen molar-refractivity contribution in [2.45, 2.75) is 25.7 Å². The highest BCUT2D eigenvalue weighted by Gasteiger charge is 2.10. The molecule has 0 N–H and O–H groups in total. The summed E-state index contributed by atoms with van der Waals surface area (Å²) in [6.07, 6.45) is 7.12. The molecule has 0 saturated carbocycles. The fourth-order valence-electron chi connectivity index (χ4n) is 2.43. The van der Waals surface area contributed by atoms with Crippen LogP contribution in [0.3, 0.4) is 0 Å². The van der Waals surface area contributed by atoms with Gasteiger partial charge in [0.25, 0.3) is 0 Å². The molecule has 96 valence electrons. The van der Waals surface area contributed by atoms with Gasteiger partial charge in [-0.15, -0.1) is 12.4 Å². The monoisotopic (exact) mass is 265 g/mol. The van der Waals surface area contributed by atoms with E-state index < -0.39 is 0 Å². The van der Waals surface area contributed by atoms with Crippen LogP contribution in [0.5, 0.6) is 0 Å². The van der Waals surface area contributed by atoms with Crippen molar-refractivity contribution in [1.29, 1.82) is 0 Å². The van der Waals surface area contributed by atoms with Crippen LogP contribution in [0.4, 0.5) is 0 Å². The quantitative estimate of drug-likeness (QED) is 0.791. The molecule has 2 aromatic rings. The molecule has 0 amide bonds. The molecule has 0 atom stereocenters. The zero-order valence-electron chi connectivity index (χ0n) is 10.3. The lowest BCUT2D eigenvalue weighted by atomic mass is 9.94. The molecule has 1 aliphatic carbocycles. The van der Waals surface area contributed by atoms with Crippen molar-refractivity contribution in [3.8, 4) is 0 Å². The Labute approximate surface area is 112 Å². The third-order valence-corrected chi connectivity index (χ3v) is 3.45. The minimum absolute atomic E-state index is 0. The first-order valence-corrected chi connectivity index (χ1v) is 6.05. The Morgan fingerprint density at radius 1 is 1.28 bits per heavy atom. The van der Waals surface area contributed by atoms with Crippen molar-refractivity contribution in [2.24, 2.45) is 7.05 Å². The standard InChI is InChI=1S/C14H15NO2.ClH/c1-15-12-8-7-11(9-13(12)17-14(15)16)10-5-3-2-4-6-10;/h5,7-9H,2-4,6H2,1H3;1H. The van der Waals surface area contributed by atoms with E-state index in [0.717, 1.165) is 18.4 Å². The SMILES string of the molecule is Cl.Cn1c(=O)oc2cc(C3=CCCCC3)ccc21. The lowest BCUT2D eigenvalue weighted by molar-refractivity contribution is 0.528. The van der Waals surface area contributed by atoms with E-state index in [-0.39, 0.29) is 18.2 Å². The summed E-state index contributed by atoms with van der Waals surface area (Å²) < 4.78 is 6.75. The van der Waals surface area contributed by atoms with Crippen LogP contribution in [0.1, 0.15) is 31.2 Å². The Hall–Kier alpha value is -1.48. The highest BCUT2D eigenvalue weighted by molar-refractivity contribution is 5.85. The molecule has 0 fully saturated rings. The van der Waals surface area contributed by atoms with Crippen LogP contribution in [0.15, 0.2) is 33.5 Å². The van der Waals surface area contributed by atoms with Gasteiger partial charge in [-0.2, -0.15) is 0 Å². The molecule has 0 radical (unpaired) electrons. The molecule has 18 heavy (non-hydrogen) atoms. The number of aromatic nitrogens is 1. The van der Waals surface area contributed by atoms with E-state index in [1.54, 1.807) is 7.05 Å². The number of halogens is 1. The van der Waals surface area contributed by atoms with Gasteiger partial charge in [0.2, 0.25) is 0 Å². The Morgan fingerprint density at radius 3 is 2.83 bits per heavy atom. The number of nitrogens with zero attached hydrogens (tertiary/aromatic N) is 1. The molecule has 3 nitrogen and oxygen atoms in total. The molecule has 1 aromatic carbocycles. The first kappa shape index (κ1) is 13.0. The maximum atomic E-state index is 11.4. The molecule has 4 heteroatoms. The number of rotatable bonds is 1. The number of aryl methyl sites for hydroxylation is 1. The van der Waals surface area contributed by atoms with Crippen molar-refractivity contribution in [1.82, 2.24) is 4.57 Å². The van der Waals surface area contributed by atoms with Crippen LogP contribution in [0, 0.1) is 0 Å². The first-order valence-electron chi connectivity index (χ1n) is 6.05. The largest absolute Gasteiger partial charge is 0.419 e. The summed E-state index contributed by atoms with van der Waals surface area (Å²) in [7, 11) is 1.73. The molecule has 1 aliphatic rings. The fraction of sp³-hybridized carbons (Fsp3) is 0.357. The zero-order chi connectivity index (χ0) is 11.8. The average Bonchev–Trinajstić information content (AvgIpc) is 2.66. The predicted molar refractivity (Wildman–Crippen MR) is 75.1 cm³/mol. The Balaban J connectivity index is 0.00000120. The summed E-state index contributed by atoms with van der Waals surface area (Å²) in [5, 5.41) is 0. The van der Waals surface area contributed by atoms with Gasteiger partial charge in [-0.1, -0.05) is 12.1 Å². The van der Waals surface area contributed by atoms with Crippen molar-refractivity contribution < 1.29 is 4.42 Å². The molecule has 1 aromatic heterocycles. The van der Waals surface area contributed by atoms with E-state index in [1.807, 2.05) is 12.1 Å². The molecule has 0 aliphatic heterocycles. The van der Waals surface area contributed by atoms with E-state index in [9.17, 15) is 4.79 Å². The summed E-state index contributed by atoms with van der Waals surface area (Å²) in [6, 6.07) is 6.02. The number of hydrogen-bond acceptors (Lipinski definition) is 2. The maximum absolute atomic E-state index is 11.4. The molecule has 0 saturated heterocycles. The third kappa shape index (κ3) is 2.10. The topological polar surface area (TPSA) is 35.1 Å². The second kappa shape index (κ2) is 5.02. The lowest BCUT2D eigenvalue weighted by Crippen LogP contribution is -2.08. The van der Waals surface area contributed by atoms with Gasteiger partial charge in [-0.3, -0.25) is 4.57 Å². The number of allylic oxidation sites excluding steroid dienone is 2. The van der Waals surface area contributed by atoms with Gasteiger partial charge >= 0.3 is 5.76 Å². The first-order chi connectivity index (χ1) is 8.25. The van der Waals surface area contributed by atoms with Gasteiger partial charge in [0.15, 0.2) is 5.58 Å². The van der Waals surface area contributed by atoms with Crippen molar-refractivity contribution in [3.63, 3.8) is 0 Å². The Bertz CT molecular complexity index is 651. The highest BCUT2D eigenvalue weighted by Crippen LogP contribution is 2.28. The molecular formula is C14H16ClNO2. The zero-order valence-corrected chi connectivity index (χ0v) is 11.1. The molecule has 0 bridgehead atoms. The third-order valence-electron chi connectivity index (χ3n) is 3.45. The minimum atomic E-state index is -0.297. The molecular weight excluding hydrogens is 250 g/mol. The van der Waals surface area contributed by atoms with Crippen molar-refractivity contribution in [2.75, 3.05) is 0 Å². The average molecular weight is 266 g/mol. The van der Waals surface area contributed by atoms with Crippen LogP contribution in [-0.4, -0.2) is 4.57 Å². The number of fused-ring (bicyclic) bond motifs is 1.